The number of nitrogens with one attached hydrogen (secondary N) is 1. The maximum absolute atomic E-state index is 11.5. The molecular formula is C14H25NO3. The number of ketones is 1. The molecule has 0 bridgehead atoms. The van der Waals surface area contributed by atoms with Gasteiger partial charge in [-0.05, 0) is 59.3 Å². The van der Waals surface area contributed by atoms with E-state index in [9.17, 15) is 9.59 Å². The fraction of sp³-hybridized carbons (Fsp3) is 0.857. The van der Waals surface area contributed by atoms with Crippen molar-refractivity contribution in [1.29, 1.82) is 0 Å². The Morgan fingerprint density at radius 3 is 2.17 bits per heavy atom. The molecule has 18 heavy (non-hydrogen) atoms. The zero-order valence-electron chi connectivity index (χ0n) is 11.9. The van der Waals surface area contributed by atoms with E-state index >= 15 is 0 Å². The van der Waals surface area contributed by atoms with Crippen molar-refractivity contribution in [2.45, 2.75) is 59.0 Å². The average Bonchev–Trinajstić information content (AvgIpc) is 2.24. The van der Waals surface area contributed by atoms with E-state index < -0.39 is 5.60 Å². The zero-order chi connectivity index (χ0) is 13.8. The van der Waals surface area contributed by atoms with Crippen LogP contribution in [0.25, 0.3) is 0 Å². The van der Waals surface area contributed by atoms with Gasteiger partial charge in [0.25, 0.3) is 0 Å². The fourth-order valence-corrected chi connectivity index (χ4v) is 2.31. The highest BCUT2D eigenvalue weighted by Gasteiger charge is 2.24. The van der Waals surface area contributed by atoms with Crippen LogP contribution in [-0.4, -0.2) is 24.0 Å². The molecule has 1 saturated carbocycles. The number of alkyl carbamates (subject to hydrolysis) is 1. The monoisotopic (exact) mass is 255 g/mol. The van der Waals surface area contributed by atoms with Gasteiger partial charge in [0, 0.05) is 12.5 Å². The first-order valence-corrected chi connectivity index (χ1v) is 6.75. The predicted octanol–water partition coefficient (Wildman–Crippen LogP) is 2.91. The number of carbonyl (C=O) groups is 2. The fourth-order valence-electron chi connectivity index (χ4n) is 2.31. The molecule has 4 nitrogen and oxygen atoms in total. The van der Waals surface area contributed by atoms with Crippen LogP contribution in [0.2, 0.25) is 0 Å². The largest absolute Gasteiger partial charge is 0.444 e. The van der Waals surface area contributed by atoms with Gasteiger partial charge >= 0.3 is 6.09 Å². The van der Waals surface area contributed by atoms with Crippen molar-refractivity contribution in [2.24, 2.45) is 11.8 Å². The van der Waals surface area contributed by atoms with Crippen LogP contribution in [0, 0.1) is 11.8 Å². The average molecular weight is 255 g/mol. The topological polar surface area (TPSA) is 55.4 Å². The maximum Gasteiger partial charge on any atom is 0.407 e. The van der Waals surface area contributed by atoms with Gasteiger partial charge < -0.3 is 10.1 Å². The van der Waals surface area contributed by atoms with E-state index in [0.29, 0.717) is 18.2 Å². The quantitative estimate of drug-likeness (QED) is 0.843. The van der Waals surface area contributed by atoms with E-state index in [1.165, 1.54) is 0 Å². The van der Waals surface area contributed by atoms with Crippen LogP contribution >= 0.6 is 0 Å². The summed E-state index contributed by atoms with van der Waals surface area (Å²) in [6, 6.07) is 0. The molecule has 1 rings (SSSR count). The minimum atomic E-state index is -0.448. The maximum atomic E-state index is 11.5. The molecule has 1 amide bonds. The van der Waals surface area contributed by atoms with Crippen molar-refractivity contribution < 1.29 is 14.3 Å². The highest BCUT2D eigenvalue weighted by atomic mass is 16.6. The predicted molar refractivity (Wildman–Crippen MR) is 70.4 cm³/mol. The van der Waals surface area contributed by atoms with Gasteiger partial charge in [0.15, 0.2) is 0 Å². The van der Waals surface area contributed by atoms with E-state index in [1.807, 2.05) is 20.8 Å². The molecule has 0 aromatic heterocycles. The van der Waals surface area contributed by atoms with Crippen LogP contribution in [0.1, 0.15) is 53.4 Å². The van der Waals surface area contributed by atoms with Gasteiger partial charge in [0.05, 0.1) is 0 Å². The second kappa shape index (κ2) is 6.21. The Morgan fingerprint density at radius 1 is 1.17 bits per heavy atom. The van der Waals surface area contributed by atoms with Crippen molar-refractivity contribution in [3.63, 3.8) is 0 Å². The highest BCUT2D eigenvalue weighted by Crippen LogP contribution is 2.28. The number of hydrogen-bond donors (Lipinski definition) is 1. The number of carbonyl (C=O) groups excluding carboxylic acids is 2. The lowest BCUT2D eigenvalue weighted by Gasteiger charge is -2.27. The SMILES string of the molecule is CC(=O)[C@H]1CC[C@H](CNC(=O)OC(C)(C)C)CC1. The van der Waals surface area contributed by atoms with Crippen molar-refractivity contribution in [1.82, 2.24) is 5.32 Å². The lowest BCUT2D eigenvalue weighted by molar-refractivity contribution is -0.121. The molecule has 0 aromatic carbocycles. The first kappa shape index (κ1) is 15.0. The van der Waals surface area contributed by atoms with E-state index in [0.717, 1.165) is 25.7 Å². The Labute approximate surface area is 109 Å². The van der Waals surface area contributed by atoms with Gasteiger partial charge in [-0.25, -0.2) is 4.79 Å². The second-order valence-corrected chi connectivity index (χ2v) is 6.21. The minimum Gasteiger partial charge on any atom is -0.444 e. The molecule has 0 saturated heterocycles. The molecule has 4 heteroatoms. The van der Waals surface area contributed by atoms with Crippen LogP contribution in [-0.2, 0) is 9.53 Å². The summed E-state index contributed by atoms with van der Waals surface area (Å²) >= 11 is 0. The van der Waals surface area contributed by atoms with Gasteiger partial charge in [0.2, 0.25) is 0 Å². The smallest absolute Gasteiger partial charge is 0.407 e. The molecule has 0 aromatic rings. The van der Waals surface area contributed by atoms with Crippen LogP contribution in [0.5, 0.6) is 0 Å². The molecule has 0 spiro atoms. The number of rotatable bonds is 3. The van der Waals surface area contributed by atoms with E-state index in [-0.39, 0.29) is 12.0 Å². The Bertz CT molecular complexity index is 299. The van der Waals surface area contributed by atoms with E-state index in [4.69, 9.17) is 4.74 Å². The number of Topliss-reactive ketones (excluding diaryl/α,β-unsaturated/α-hetero) is 1. The molecule has 104 valence electrons. The van der Waals surface area contributed by atoms with Crippen molar-refractivity contribution in [3.05, 3.63) is 0 Å². The van der Waals surface area contributed by atoms with Gasteiger partial charge in [0.1, 0.15) is 11.4 Å². The molecule has 1 aliphatic carbocycles. The summed E-state index contributed by atoms with van der Waals surface area (Å²) in [5, 5.41) is 2.81. The van der Waals surface area contributed by atoms with Crippen molar-refractivity contribution in [2.75, 3.05) is 6.54 Å². The summed E-state index contributed by atoms with van der Waals surface area (Å²) in [6.07, 6.45) is 3.59. The Hall–Kier alpha value is -1.06. The Kier molecular flexibility index (Phi) is 5.17. The van der Waals surface area contributed by atoms with Crippen molar-refractivity contribution >= 4 is 11.9 Å². The molecule has 0 unspecified atom stereocenters. The van der Waals surface area contributed by atoms with Crippen LogP contribution in [0.3, 0.4) is 0 Å². The number of hydrogen-bond acceptors (Lipinski definition) is 3. The summed E-state index contributed by atoms with van der Waals surface area (Å²) in [6.45, 7) is 7.88. The lowest BCUT2D eigenvalue weighted by atomic mass is 9.80. The third-order valence-corrected chi connectivity index (χ3v) is 3.36. The molecule has 0 aliphatic heterocycles. The van der Waals surface area contributed by atoms with Crippen molar-refractivity contribution in [3.8, 4) is 0 Å². The second-order valence-electron chi connectivity index (χ2n) is 6.21. The third kappa shape index (κ3) is 5.52. The third-order valence-electron chi connectivity index (χ3n) is 3.36. The normalized spacial score (nSPS) is 24.4. The minimum absolute atomic E-state index is 0.239. The molecule has 0 heterocycles. The van der Waals surface area contributed by atoms with Crippen LogP contribution in [0.4, 0.5) is 4.79 Å². The summed E-state index contributed by atoms with van der Waals surface area (Å²) in [5.41, 5.74) is -0.448. The molecular weight excluding hydrogens is 230 g/mol. The number of ether oxygens (including phenoxy) is 1. The van der Waals surface area contributed by atoms with Gasteiger partial charge in [-0.2, -0.15) is 0 Å². The summed E-state index contributed by atoms with van der Waals surface area (Å²) in [5.74, 6) is 1.02. The van der Waals surface area contributed by atoms with Gasteiger partial charge in [-0.1, -0.05) is 0 Å². The highest BCUT2D eigenvalue weighted by molar-refractivity contribution is 5.78. The van der Waals surface area contributed by atoms with Gasteiger partial charge in [-0.15, -0.1) is 0 Å². The number of amides is 1. The summed E-state index contributed by atoms with van der Waals surface area (Å²) in [4.78, 5) is 22.7. The zero-order valence-corrected chi connectivity index (χ0v) is 11.9. The first-order valence-electron chi connectivity index (χ1n) is 6.75. The molecule has 1 fully saturated rings. The Balaban J connectivity index is 2.22. The summed E-state index contributed by atoms with van der Waals surface area (Å²) < 4.78 is 5.18. The van der Waals surface area contributed by atoms with E-state index in [2.05, 4.69) is 5.32 Å². The first-order chi connectivity index (χ1) is 8.28. The van der Waals surface area contributed by atoms with Crippen LogP contribution < -0.4 is 5.32 Å². The lowest BCUT2D eigenvalue weighted by Crippen LogP contribution is -2.36. The summed E-state index contributed by atoms with van der Waals surface area (Å²) in [7, 11) is 0. The Morgan fingerprint density at radius 2 is 1.72 bits per heavy atom. The standard InChI is InChI=1S/C14H25NO3/c1-10(16)12-7-5-11(6-8-12)9-15-13(17)18-14(2,3)4/h11-12H,5-9H2,1-4H3,(H,15,17)/t11-,12-. The van der Waals surface area contributed by atoms with Crippen LogP contribution in [0.15, 0.2) is 0 Å². The van der Waals surface area contributed by atoms with E-state index in [1.54, 1.807) is 6.92 Å². The molecule has 0 atom stereocenters. The van der Waals surface area contributed by atoms with Gasteiger partial charge in [-0.3, -0.25) is 4.79 Å². The molecule has 1 aliphatic rings. The molecule has 0 radical (unpaired) electrons. The molecule has 1 N–H and O–H groups in total.